The van der Waals surface area contributed by atoms with Gasteiger partial charge in [-0.3, -0.25) is 0 Å². The van der Waals surface area contributed by atoms with Gasteiger partial charge in [0.15, 0.2) is 11.5 Å². The average Bonchev–Trinajstić information content (AvgIpc) is 3.29. The van der Waals surface area contributed by atoms with Gasteiger partial charge < -0.3 is 19.5 Å². The summed E-state index contributed by atoms with van der Waals surface area (Å²) in [6.45, 7) is 12.4. The summed E-state index contributed by atoms with van der Waals surface area (Å²) in [6.07, 6.45) is 1.54. The van der Waals surface area contributed by atoms with Crippen molar-refractivity contribution in [3.05, 3.63) is 81.5 Å². The molecule has 1 N–H and O–H groups in total. The van der Waals surface area contributed by atoms with Gasteiger partial charge in [0.05, 0.1) is 16.7 Å². The van der Waals surface area contributed by atoms with Gasteiger partial charge >= 0.3 is 5.97 Å². The van der Waals surface area contributed by atoms with E-state index in [1.165, 1.54) is 11.8 Å². The zero-order valence-corrected chi connectivity index (χ0v) is 24.3. The number of ether oxygens (including phenoxy) is 3. The van der Waals surface area contributed by atoms with E-state index >= 15 is 0 Å². The van der Waals surface area contributed by atoms with Crippen molar-refractivity contribution in [2.45, 2.75) is 45.5 Å². The SMILES string of the molecule is C=CCOC(=O)C1=C(C)Nc2nc(SCC)nn2C1c1cc(Br)c(OCc2ccccc2C)c(OCC)c1. The fourth-order valence-corrected chi connectivity index (χ4v) is 5.31. The third-order valence-corrected chi connectivity index (χ3v) is 7.25. The molecule has 38 heavy (non-hydrogen) atoms. The van der Waals surface area contributed by atoms with E-state index in [1.807, 2.05) is 51.1 Å². The second-order valence-electron chi connectivity index (χ2n) is 8.53. The van der Waals surface area contributed by atoms with Crippen LogP contribution in [0.3, 0.4) is 0 Å². The third kappa shape index (κ3) is 5.91. The Labute approximate surface area is 235 Å². The molecular weight excluding hydrogens is 568 g/mol. The maximum absolute atomic E-state index is 13.2. The first kappa shape index (κ1) is 27.8. The smallest absolute Gasteiger partial charge is 0.338 e. The van der Waals surface area contributed by atoms with Crippen LogP contribution < -0.4 is 14.8 Å². The van der Waals surface area contributed by atoms with Crippen LogP contribution in [0.25, 0.3) is 0 Å². The molecule has 0 aliphatic carbocycles. The Kier molecular flexibility index (Phi) is 9.17. The molecule has 10 heteroatoms. The number of fused-ring (bicyclic) bond motifs is 1. The number of aromatic nitrogens is 3. The lowest BCUT2D eigenvalue weighted by Crippen LogP contribution is -2.29. The van der Waals surface area contributed by atoms with Crippen LogP contribution in [0.15, 0.2) is 70.0 Å². The van der Waals surface area contributed by atoms with E-state index in [0.29, 0.717) is 51.6 Å². The second kappa shape index (κ2) is 12.5. The summed E-state index contributed by atoms with van der Waals surface area (Å²) < 4.78 is 20.2. The number of rotatable bonds is 11. The van der Waals surface area contributed by atoms with Crippen molar-refractivity contribution in [3.63, 3.8) is 0 Å². The minimum atomic E-state index is -0.594. The standard InChI is InChI=1S/C28H31BrN4O4S/c1-6-13-36-26(34)23-18(5)30-27-31-28(38-8-3)32-33(27)24(23)20-14-21(29)25(22(15-20)35-7-2)37-16-19-12-10-9-11-17(19)4/h6,9-12,14-15,24H,1,7-8,13,16H2,2-5H3,(H,30,31,32). The largest absolute Gasteiger partial charge is 0.490 e. The fourth-order valence-electron chi connectivity index (χ4n) is 4.18. The van der Waals surface area contributed by atoms with Crippen molar-refractivity contribution >= 4 is 39.6 Å². The fraction of sp³-hybridized carbons (Fsp3) is 0.321. The summed E-state index contributed by atoms with van der Waals surface area (Å²) >= 11 is 5.22. The van der Waals surface area contributed by atoms with Crippen LogP contribution >= 0.6 is 27.7 Å². The normalized spacial score (nSPS) is 14.5. The number of halogens is 1. The van der Waals surface area contributed by atoms with Crippen molar-refractivity contribution in [2.75, 3.05) is 24.3 Å². The maximum atomic E-state index is 13.2. The molecule has 0 bridgehead atoms. The van der Waals surface area contributed by atoms with E-state index in [2.05, 4.69) is 45.8 Å². The molecule has 3 aromatic rings. The zero-order chi connectivity index (χ0) is 27.2. The molecule has 8 nitrogen and oxygen atoms in total. The first-order chi connectivity index (χ1) is 18.4. The topological polar surface area (TPSA) is 87.5 Å². The van der Waals surface area contributed by atoms with Crippen molar-refractivity contribution in [1.29, 1.82) is 0 Å². The molecule has 1 aliphatic heterocycles. The Morgan fingerprint density at radius 1 is 1.24 bits per heavy atom. The highest BCUT2D eigenvalue weighted by Gasteiger charge is 2.36. The number of anilines is 1. The van der Waals surface area contributed by atoms with Gasteiger partial charge in [-0.1, -0.05) is 55.6 Å². The molecule has 0 radical (unpaired) electrons. The minimum Gasteiger partial charge on any atom is -0.490 e. The van der Waals surface area contributed by atoms with Gasteiger partial charge in [0.2, 0.25) is 11.1 Å². The molecule has 200 valence electrons. The Morgan fingerprint density at radius 3 is 2.74 bits per heavy atom. The van der Waals surface area contributed by atoms with E-state index in [0.717, 1.165) is 22.4 Å². The van der Waals surface area contributed by atoms with Gasteiger partial charge in [-0.2, -0.15) is 4.98 Å². The molecule has 1 unspecified atom stereocenters. The molecule has 4 rings (SSSR count). The summed E-state index contributed by atoms with van der Waals surface area (Å²) in [5, 5.41) is 8.55. The van der Waals surface area contributed by atoms with Crippen molar-refractivity contribution < 1.29 is 19.0 Å². The number of esters is 1. The van der Waals surface area contributed by atoms with Gasteiger partial charge in [-0.25, -0.2) is 9.48 Å². The Bertz CT molecular complexity index is 1370. The molecule has 1 aliphatic rings. The number of allylic oxidation sites excluding steroid dienone is 1. The van der Waals surface area contributed by atoms with E-state index < -0.39 is 12.0 Å². The van der Waals surface area contributed by atoms with Crippen LogP contribution in [-0.2, 0) is 16.1 Å². The van der Waals surface area contributed by atoms with Crippen LogP contribution in [-0.4, -0.2) is 39.7 Å². The quantitative estimate of drug-likeness (QED) is 0.153. The predicted octanol–water partition coefficient (Wildman–Crippen LogP) is 6.46. The van der Waals surface area contributed by atoms with Crippen LogP contribution in [0.4, 0.5) is 5.95 Å². The molecule has 2 heterocycles. The molecule has 1 atom stereocenters. The summed E-state index contributed by atoms with van der Waals surface area (Å²) in [6, 6.07) is 11.3. The maximum Gasteiger partial charge on any atom is 0.338 e. The summed E-state index contributed by atoms with van der Waals surface area (Å²) in [5.41, 5.74) is 4.08. The number of carbonyl (C=O) groups is 1. The van der Waals surface area contributed by atoms with Gasteiger partial charge in [0.25, 0.3) is 0 Å². The number of benzene rings is 2. The number of hydrogen-bond acceptors (Lipinski definition) is 8. The van der Waals surface area contributed by atoms with Gasteiger partial charge in [0, 0.05) is 5.70 Å². The van der Waals surface area contributed by atoms with Crippen molar-refractivity contribution in [2.24, 2.45) is 0 Å². The molecular formula is C28H31BrN4O4S. The van der Waals surface area contributed by atoms with Crippen molar-refractivity contribution in [3.8, 4) is 11.5 Å². The Hall–Kier alpha value is -3.24. The zero-order valence-electron chi connectivity index (χ0n) is 21.9. The molecule has 0 spiro atoms. The Balaban J connectivity index is 1.79. The number of aryl methyl sites for hydroxylation is 1. The van der Waals surface area contributed by atoms with E-state index in [1.54, 1.807) is 10.8 Å². The van der Waals surface area contributed by atoms with Crippen LogP contribution in [0.1, 0.15) is 43.5 Å². The number of nitrogens with zero attached hydrogens (tertiary/aromatic N) is 3. The van der Waals surface area contributed by atoms with E-state index in [9.17, 15) is 4.79 Å². The lowest BCUT2D eigenvalue weighted by Gasteiger charge is -2.29. The lowest BCUT2D eigenvalue weighted by atomic mass is 9.95. The summed E-state index contributed by atoms with van der Waals surface area (Å²) in [5.74, 6) is 2.06. The monoisotopic (exact) mass is 598 g/mol. The van der Waals surface area contributed by atoms with Crippen LogP contribution in [0, 0.1) is 6.92 Å². The van der Waals surface area contributed by atoms with Crippen molar-refractivity contribution in [1.82, 2.24) is 14.8 Å². The number of hydrogen-bond donors (Lipinski definition) is 1. The van der Waals surface area contributed by atoms with E-state index in [-0.39, 0.29) is 6.61 Å². The van der Waals surface area contributed by atoms with E-state index in [4.69, 9.17) is 19.3 Å². The number of nitrogens with one attached hydrogen (secondary N) is 1. The van der Waals surface area contributed by atoms with Crippen LogP contribution in [0.2, 0.25) is 0 Å². The summed E-state index contributed by atoms with van der Waals surface area (Å²) in [7, 11) is 0. The molecule has 1 aromatic heterocycles. The van der Waals surface area contributed by atoms with Gasteiger partial charge in [0.1, 0.15) is 19.3 Å². The lowest BCUT2D eigenvalue weighted by molar-refractivity contribution is -0.138. The highest BCUT2D eigenvalue weighted by atomic mass is 79.9. The first-order valence-corrected chi connectivity index (χ1v) is 14.1. The predicted molar refractivity (Wildman–Crippen MR) is 153 cm³/mol. The third-order valence-electron chi connectivity index (χ3n) is 5.94. The second-order valence-corrected chi connectivity index (χ2v) is 10.6. The number of carbonyl (C=O) groups excluding carboxylic acids is 1. The molecule has 0 saturated carbocycles. The molecule has 2 aromatic carbocycles. The summed E-state index contributed by atoms with van der Waals surface area (Å²) in [4.78, 5) is 17.9. The molecule has 0 saturated heterocycles. The molecule has 0 amide bonds. The minimum absolute atomic E-state index is 0.100. The molecule has 0 fully saturated rings. The highest BCUT2D eigenvalue weighted by molar-refractivity contribution is 9.10. The number of thioether (sulfide) groups is 1. The van der Waals surface area contributed by atoms with Gasteiger partial charge in [-0.05, 0) is 71.3 Å². The Morgan fingerprint density at radius 2 is 2.03 bits per heavy atom. The van der Waals surface area contributed by atoms with Gasteiger partial charge in [-0.15, -0.1) is 5.10 Å². The van der Waals surface area contributed by atoms with Crippen LogP contribution in [0.5, 0.6) is 11.5 Å². The first-order valence-electron chi connectivity index (χ1n) is 12.4. The highest BCUT2D eigenvalue weighted by Crippen LogP contribution is 2.43. The average molecular weight is 600 g/mol.